The van der Waals surface area contributed by atoms with E-state index >= 15 is 0 Å². The number of nitrogens with one attached hydrogen (secondary N) is 1. The fraction of sp³-hybridized carbons (Fsp3) is 0.364. The van der Waals surface area contributed by atoms with Crippen LogP contribution in [0.4, 0.5) is 4.39 Å². The molecule has 1 amide bonds. The number of thioether (sulfide) groups is 1. The number of rotatable bonds is 8. The molecule has 0 aromatic heterocycles. The van der Waals surface area contributed by atoms with Gasteiger partial charge in [-0.1, -0.05) is 36.9 Å². The van der Waals surface area contributed by atoms with E-state index in [9.17, 15) is 9.18 Å². The number of nitrogens with two attached hydrogens (primary N) is 1. The first-order valence-electron chi connectivity index (χ1n) is 9.44. The highest BCUT2D eigenvalue weighted by Crippen LogP contribution is 2.53. The summed E-state index contributed by atoms with van der Waals surface area (Å²) in [7, 11) is 0. The van der Waals surface area contributed by atoms with Gasteiger partial charge in [-0.05, 0) is 48.6 Å². The predicted octanol–water partition coefficient (Wildman–Crippen LogP) is 4.27. The number of benzene rings is 1. The molecule has 3 rings (SSSR count). The van der Waals surface area contributed by atoms with Crippen LogP contribution in [0.5, 0.6) is 0 Å². The maximum Gasteiger partial charge on any atom is 0.222 e. The second-order valence-electron chi connectivity index (χ2n) is 7.32. The first kappa shape index (κ1) is 20.4. The van der Waals surface area contributed by atoms with Gasteiger partial charge in [-0.15, -0.1) is 11.8 Å². The molecule has 0 heterocycles. The van der Waals surface area contributed by atoms with E-state index in [1.54, 1.807) is 18.7 Å². The lowest BCUT2D eigenvalue weighted by molar-refractivity contribution is -0.124. The number of carbonyl (C=O) groups is 1. The Hall–Kier alpha value is -2.34. The first-order chi connectivity index (χ1) is 13.5. The minimum Gasteiger partial charge on any atom is -0.382 e. The average Bonchev–Trinajstić information content (AvgIpc) is 3.25. The number of carbonyl (C=O) groups excluding carboxylic acids is 1. The molecule has 2 aliphatic rings. The summed E-state index contributed by atoms with van der Waals surface area (Å²) in [5.41, 5.74) is 7.21. The fourth-order valence-corrected chi connectivity index (χ4v) is 5.66. The van der Waals surface area contributed by atoms with Crippen LogP contribution in [0.1, 0.15) is 25.3 Å². The van der Waals surface area contributed by atoms with Gasteiger partial charge in [0.05, 0.1) is 12.1 Å². The monoisotopic (exact) mass is 399 g/mol. The Labute approximate surface area is 169 Å². The zero-order chi connectivity index (χ0) is 20.1. The smallest absolute Gasteiger partial charge is 0.222 e. The Morgan fingerprint density at radius 2 is 2.11 bits per heavy atom. The van der Waals surface area contributed by atoms with Gasteiger partial charge < -0.3 is 11.1 Å². The average molecular weight is 400 g/mol. The number of hydrogen-bond acceptors (Lipinski definition) is 4. The summed E-state index contributed by atoms with van der Waals surface area (Å²) in [6.45, 7) is 5.10. The summed E-state index contributed by atoms with van der Waals surface area (Å²) in [4.78, 5) is 15.8. The van der Waals surface area contributed by atoms with E-state index in [0.29, 0.717) is 10.9 Å². The SMILES string of the molecule is C=CN=C/C(F)=C(\C)N[C@@H]1C2CC(CC2S/C=C\c2ccccc2)C1C(N)=O. The molecule has 28 heavy (non-hydrogen) atoms. The van der Waals surface area contributed by atoms with Crippen molar-refractivity contribution in [1.82, 2.24) is 5.32 Å². The molecule has 2 fully saturated rings. The highest BCUT2D eigenvalue weighted by Gasteiger charge is 2.54. The molecule has 4 unspecified atom stereocenters. The van der Waals surface area contributed by atoms with Gasteiger partial charge in [-0.25, -0.2) is 4.39 Å². The molecule has 2 saturated carbocycles. The quantitative estimate of drug-likeness (QED) is 0.642. The number of aliphatic imine (C=N–C) groups is 1. The second-order valence-corrected chi connectivity index (χ2v) is 8.47. The largest absolute Gasteiger partial charge is 0.382 e. The molecule has 0 spiro atoms. The topological polar surface area (TPSA) is 67.5 Å². The molecular weight excluding hydrogens is 373 g/mol. The highest BCUT2D eigenvalue weighted by molar-refractivity contribution is 8.02. The van der Waals surface area contributed by atoms with Gasteiger partial charge in [0, 0.05) is 23.2 Å². The van der Waals surface area contributed by atoms with Crippen LogP contribution >= 0.6 is 11.8 Å². The van der Waals surface area contributed by atoms with E-state index in [1.807, 2.05) is 18.2 Å². The normalized spacial score (nSPS) is 30.0. The minimum absolute atomic E-state index is 0.151. The standard InChI is InChI=1S/C22H26FN3OS/c1-3-25-13-18(23)14(2)26-21-17-11-16(20(21)22(24)27)12-19(17)28-10-9-15-7-5-4-6-8-15/h3-10,13,16-17,19-21,26H,1,11-12H2,2H3,(H2,24,27)/b10-9-,18-14-,25-13?/t16?,17?,19?,20?,21-/m1/s1. The van der Waals surface area contributed by atoms with Crippen LogP contribution in [-0.4, -0.2) is 23.4 Å². The summed E-state index contributed by atoms with van der Waals surface area (Å²) in [6.07, 6.45) is 6.40. The van der Waals surface area contributed by atoms with Crippen LogP contribution in [0, 0.1) is 17.8 Å². The molecule has 0 radical (unpaired) electrons. The van der Waals surface area contributed by atoms with Crippen LogP contribution in [0.2, 0.25) is 0 Å². The Kier molecular flexibility index (Phi) is 6.73. The van der Waals surface area contributed by atoms with Crippen molar-refractivity contribution in [2.45, 2.75) is 31.1 Å². The van der Waals surface area contributed by atoms with Crippen molar-refractivity contribution >= 4 is 30.0 Å². The van der Waals surface area contributed by atoms with Crippen molar-refractivity contribution in [3.63, 3.8) is 0 Å². The van der Waals surface area contributed by atoms with Gasteiger partial charge in [-0.2, -0.15) is 0 Å². The van der Waals surface area contributed by atoms with Crippen LogP contribution in [-0.2, 0) is 4.79 Å². The van der Waals surface area contributed by atoms with Crippen molar-refractivity contribution in [2.75, 3.05) is 0 Å². The molecule has 4 nitrogen and oxygen atoms in total. The highest BCUT2D eigenvalue weighted by atomic mass is 32.2. The maximum absolute atomic E-state index is 14.2. The van der Waals surface area contributed by atoms with E-state index in [4.69, 9.17) is 5.73 Å². The molecule has 2 bridgehead atoms. The van der Waals surface area contributed by atoms with Crippen molar-refractivity contribution in [2.24, 2.45) is 28.5 Å². The van der Waals surface area contributed by atoms with Crippen LogP contribution in [0.25, 0.3) is 6.08 Å². The summed E-state index contributed by atoms with van der Waals surface area (Å²) >= 11 is 1.79. The fourth-order valence-electron chi connectivity index (χ4n) is 4.38. The molecule has 0 aliphatic heterocycles. The van der Waals surface area contributed by atoms with Gasteiger partial charge in [0.2, 0.25) is 5.91 Å². The third-order valence-electron chi connectivity index (χ3n) is 5.62. The molecule has 1 aromatic rings. The van der Waals surface area contributed by atoms with E-state index in [-0.39, 0.29) is 29.7 Å². The lowest BCUT2D eigenvalue weighted by Crippen LogP contribution is -2.49. The Morgan fingerprint density at radius 3 is 2.79 bits per heavy atom. The van der Waals surface area contributed by atoms with Gasteiger partial charge in [0.25, 0.3) is 0 Å². The van der Waals surface area contributed by atoms with E-state index in [1.165, 1.54) is 6.20 Å². The van der Waals surface area contributed by atoms with Gasteiger partial charge in [-0.3, -0.25) is 9.79 Å². The van der Waals surface area contributed by atoms with Crippen LogP contribution < -0.4 is 11.1 Å². The summed E-state index contributed by atoms with van der Waals surface area (Å²) < 4.78 is 14.2. The summed E-state index contributed by atoms with van der Waals surface area (Å²) in [5, 5.41) is 5.74. The number of nitrogens with zero attached hydrogens (tertiary/aromatic N) is 1. The lowest BCUT2D eigenvalue weighted by atomic mass is 9.83. The van der Waals surface area contributed by atoms with Gasteiger partial charge in [0.1, 0.15) is 0 Å². The zero-order valence-corrected chi connectivity index (χ0v) is 16.7. The summed E-state index contributed by atoms with van der Waals surface area (Å²) in [6, 6.07) is 9.99. The number of primary amides is 1. The zero-order valence-electron chi connectivity index (χ0n) is 15.9. The van der Waals surface area contributed by atoms with E-state index < -0.39 is 5.83 Å². The molecule has 0 saturated heterocycles. The van der Waals surface area contributed by atoms with Crippen molar-refractivity contribution in [3.8, 4) is 0 Å². The molecule has 1 aromatic carbocycles. The van der Waals surface area contributed by atoms with Crippen LogP contribution in [0.15, 0.2) is 65.0 Å². The number of hydrogen-bond donors (Lipinski definition) is 2. The number of halogens is 1. The lowest BCUT2D eigenvalue weighted by Gasteiger charge is -2.35. The van der Waals surface area contributed by atoms with Gasteiger partial charge in [0.15, 0.2) is 5.83 Å². The molecule has 2 aliphatic carbocycles. The number of allylic oxidation sites excluding steroid dienone is 2. The van der Waals surface area contributed by atoms with E-state index in [2.05, 4.69) is 40.5 Å². The number of fused-ring (bicyclic) bond motifs is 2. The third kappa shape index (κ3) is 4.55. The number of amides is 1. The minimum atomic E-state index is -0.459. The van der Waals surface area contributed by atoms with Crippen molar-refractivity contribution in [3.05, 3.63) is 65.6 Å². The van der Waals surface area contributed by atoms with Crippen molar-refractivity contribution < 1.29 is 9.18 Å². The second kappa shape index (κ2) is 9.24. The van der Waals surface area contributed by atoms with E-state index in [0.717, 1.165) is 24.6 Å². The molecule has 148 valence electrons. The van der Waals surface area contributed by atoms with Crippen molar-refractivity contribution in [1.29, 1.82) is 0 Å². The molecular formula is C22H26FN3OS. The first-order valence-corrected chi connectivity index (χ1v) is 10.4. The Morgan fingerprint density at radius 1 is 1.36 bits per heavy atom. The summed E-state index contributed by atoms with van der Waals surface area (Å²) in [5.74, 6) is -0.508. The third-order valence-corrected chi connectivity index (χ3v) is 6.81. The Balaban J connectivity index is 1.71. The predicted molar refractivity (Wildman–Crippen MR) is 115 cm³/mol. The maximum atomic E-state index is 14.2. The van der Waals surface area contributed by atoms with Gasteiger partial charge >= 0.3 is 0 Å². The molecule has 3 N–H and O–H groups in total. The molecule has 5 atom stereocenters. The Bertz CT molecular complexity index is 805. The van der Waals surface area contributed by atoms with Crippen LogP contribution in [0.3, 0.4) is 0 Å². The molecule has 6 heteroatoms.